The molecule has 1 aromatic carbocycles. The Morgan fingerprint density at radius 3 is 2.37 bits per heavy atom. The van der Waals surface area contributed by atoms with Crippen LogP contribution < -0.4 is 16.6 Å². The molecule has 2 heterocycles. The average Bonchev–Trinajstić information content (AvgIpc) is 2.63. The lowest BCUT2D eigenvalue weighted by molar-refractivity contribution is 0.102. The highest BCUT2D eigenvalue weighted by atomic mass is 32.2. The summed E-state index contributed by atoms with van der Waals surface area (Å²) in [7, 11) is -0.747. The molecular weight excluding hydrogens is 372 g/mol. The van der Waals surface area contributed by atoms with Gasteiger partial charge >= 0.3 is 5.69 Å². The molecule has 140 valence electrons. The van der Waals surface area contributed by atoms with Crippen molar-refractivity contribution >= 4 is 32.5 Å². The zero-order valence-electron chi connectivity index (χ0n) is 14.8. The van der Waals surface area contributed by atoms with Crippen LogP contribution in [0.4, 0.5) is 5.69 Å². The molecule has 0 unspecified atom stereocenters. The molecule has 0 radical (unpaired) electrons. The van der Waals surface area contributed by atoms with Crippen molar-refractivity contribution in [3.05, 3.63) is 62.9 Å². The fraction of sp³-hybridized carbons (Fsp3) is 0.176. The van der Waals surface area contributed by atoms with Crippen LogP contribution in [0.1, 0.15) is 10.5 Å². The third-order valence-electron chi connectivity index (χ3n) is 4.07. The standard InChI is InChI=1S/C17H16N4O5S/c1-20-14-10(16(23)21(2)17(20)24)8-9-12(18-14)15(22)19-11-6-4-5-7-13(11)27(3,25)26/h4-9H,1-3H3,(H,19,22). The molecule has 27 heavy (non-hydrogen) atoms. The number of fused-ring (bicyclic) bond motifs is 1. The number of rotatable bonds is 3. The summed E-state index contributed by atoms with van der Waals surface area (Å²) >= 11 is 0. The van der Waals surface area contributed by atoms with E-state index in [1.165, 1.54) is 38.4 Å². The van der Waals surface area contributed by atoms with Crippen LogP contribution in [-0.2, 0) is 23.9 Å². The van der Waals surface area contributed by atoms with Crippen molar-refractivity contribution in [3.63, 3.8) is 0 Å². The van der Waals surface area contributed by atoms with Gasteiger partial charge in [-0.3, -0.25) is 18.7 Å². The second kappa shape index (κ2) is 6.47. The predicted molar refractivity (Wildman–Crippen MR) is 99.7 cm³/mol. The quantitative estimate of drug-likeness (QED) is 0.688. The van der Waals surface area contributed by atoms with Crippen molar-refractivity contribution in [1.29, 1.82) is 0 Å². The topological polar surface area (TPSA) is 120 Å². The molecule has 10 heteroatoms. The lowest BCUT2D eigenvalue weighted by Gasteiger charge is -2.11. The first-order valence-electron chi connectivity index (χ1n) is 7.78. The highest BCUT2D eigenvalue weighted by molar-refractivity contribution is 7.90. The summed E-state index contributed by atoms with van der Waals surface area (Å²) in [5.41, 5.74) is -0.971. The van der Waals surface area contributed by atoms with Gasteiger partial charge in [0, 0.05) is 20.4 Å². The number of amides is 1. The lowest BCUT2D eigenvalue weighted by atomic mass is 10.2. The number of benzene rings is 1. The first kappa shape index (κ1) is 18.5. The minimum Gasteiger partial charge on any atom is -0.319 e. The van der Waals surface area contributed by atoms with Gasteiger partial charge in [0.15, 0.2) is 9.84 Å². The molecule has 1 amide bonds. The van der Waals surface area contributed by atoms with Crippen molar-refractivity contribution in [3.8, 4) is 0 Å². The van der Waals surface area contributed by atoms with Gasteiger partial charge in [-0.1, -0.05) is 12.1 Å². The van der Waals surface area contributed by atoms with Gasteiger partial charge in [0.1, 0.15) is 11.3 Å². The highest BCUT2D eigenvalue weighted by Gasteiger charge is 2.17. The Kier molecular flexibility index (Phi) is 4.44. The molecule has 3 aromatic rings. The van der Waals surface area contributed by atoms with E-state index in [9.17, 15) is 22.8 Å². The third-order valence-corrected chi connectivity index (χ3v) is 5.22. The molecule has 0 aliphatic carbocycles. The van der Waals surface area contributed by atoms with E-state index in [0.29, 0.717) is 0 Å². The van der Waals surface area contributed by atoms with Gasteiger partial charge in [0.25, 0.3) is 11.5 Å². The summed E-state index contributed by atoms with van der Waals surface area (Å²) in [5, 5.41) is 2.69. The van der Waals surface area contributed by atoms with Crippen molar-refractivity contribution in [2.45, 2.75) is 4.90 Å². The Bertz CT molecular complexity index is 1310. The first-order valence-corrected chi connectivity index (χ1v) is 9.67. The number of aromatic nitrogens is 3. The van der Waals surface area contributed by atoms with Crippen molar-refractivity contribution in [2.75, 3.05) is 11.6 Å². The molecule has 0 saturated carbocycles. The second-order valence-corrected chi connectivity index (χ2v) is 7.98. The van der Waals surface area contributed by atoms with Crippen molar-refractivity contribution in [1.82, 2.24) is 14.1 Å². The fourth-order valence-corrected chi connectivity index (χ4v) is 3.50. The maximum absolute atomic E-state index is 12.5. The highest BCUT2D eigenvalue weighted by Crippen LogP contribution is 2.21. The maximum Gasteiger partial charge on any atom is 0.332 e. The SMILES string of the molecule is Cn1c(=O)c2ccc(C(=O)Nc3ccccc3S(C)(=O)=O)nc2n(C)c1=O. The number of carbonyl (C=O) groups excluding carboxylic acids is 1. The lowest BCUT2D eigenvalue weighted by Crippen LogP contribution is -2.37. The van der Waals surface area contributed by atoms with Crippen LogP contribution in [0.2, 0.25) is 0 Å². The van der Waals surface area contributed by atoms with E-state index in [2.05, 4.69) is 10.3 Å². The molecule has 2 aromatic heterocycles. The van der Waals surface area contributed by atoms with Gasteiger partial charge in [-0.05, 0) is 24.3 Å². The molecule has 9 nitrogen and oxygen atoms in total. The number of hydrogen-bond donors (Lipinski definition) is 1. The summed E-state index contributed by atoms with van der Waals surface area (Å²) in [6.45, 7) is 0. The summed E-state index contributed by atoms with van der Waals surface area (Å²) in [4.78, 5) is 40.9. The Hall–Kier alpha value is -3.27. The number of sulfone groups is 1. The van der Waals surface area contributed by atoms with E-state index in [1.54, 1.807) is 12.1 Å². The number of carbonyl (C=O) groups is 1. The van der Waals surface area contributed by atoms with Gasteiger partial charge in [0.05, 0.1) is 16.0 Å². The van der Waals surface area contributed by atoms with Crippen LogP contribution in [0.5, 0.6) is 0 Å². The largest absolute Gasteiger partial charge is 0.332 e. The molecule has 1 N–H and O–H groups in total. The fourth-order valence-electron chi connectivity index (χ4n) is 2.66. The van der Waals surface area contributed by atoms with Gasteiger partial charge in [0.2, 0.25) is 0 Å². The van der Waals surface area contributed by atoms with E-state index >= 15 is 0 Å². The number of hydrogen-bond acceptors (Lipinski definition) is 6. The number of para-hydroxylation sites is 1. The number of anilines is 1. The van der Waals surface area contributed by atoms with Gasteiger partial charge in [-0.25, -0.2) is 18.2 Å². The normalized spacial score (nSPS) is 11.5. The second-order valence-electron chi connectivity index (χ2n) is 6.00. The van der Waals surface area contributed by atoms with Crippen LogP contribution >= 0.6 is 0 Å². The smallest absolute Gasteiger partial charge is 0.319 e. The Labute approximate surface area is 153 Å². The predicted octanol–water partition coefficient (Wildman–Crippen LogP) is 0.288. The summed E-state index contributed by atoms with van der Waals surface area (Å²) in [5.74, 6) is -0.666. The summed E-state index contributed by atoms with van der Waals surface area (Å²) in [6, 6.07) is 8.72. The zero-order chi connectivity index (χ0) is 19.9. The minimum absolute atomic E-state index is 0.0274. The van der Waals surface area contributed by atoms with Gasteiger partial charge in [-0.2, -0.15) is 0 Å². The van der Waals surface area contributed by atoms with Crippen LogP contribution in [-0.4, -0.2) is 34.7 Å². The number of nitrogens with one attached hydrogen (secondary N) is 1. The van der Waals surface area contributed by atoms with Crippen LogP contribution in [0, 0.1) is 0 Å². The number of aryl methyl sites for hydroxylation is 1. The monoisotopic (exact) mass is 388 g/mol. The molecular formula is C17H16N4O5S. The van der Waals surface area contributed by atoms with E-state index < -0.39 is 27.0 Å². The summed E-state index contributed by atoms with van der Waals surface area (Å²) < 4.78 is 25.8. The Morgan fingerprint density at radius 2 is 1.70 bits per heavy atom. The Balaban J connectivity index is 2.09. The van der Waals surface area contributed by atoms with E-state index in [1.807, 2.05) is 0 Å². The Morgan fingerprint density at radius 1 is 1.04 bits per heavy atom. The molecule has 0 aliphatic rings. The maximum atomic E-state index is 12.5. The molecule has 0 saturated heterocycles. The van der Waals surface area contributed by atoms with Crippen LogP contribution in [0.25, 0.3) is 11.0 Å². The zero-order valence-corrected chi connectivity index (χ0v) is 15.6. The van der Waals surface area contributed by atoms with E-state index in [4.69, 9.17) is 0 Å². The van der Waals surface area contributed by atoms with Gasteiger partial charge in [-0.15, -0.1) is 0 Å². The third kappa shape index (κ3) is 3.26. The van der Waals surface area contributed by atoms with E-state index in [0.717, 1.165) is 15.4 Å². The number of pyridine rings is 1. The van der Waals surface area contributed by atoms with Crippen molar-refractivity contribution < 1.29 is 13.2 Å². The molecule has 0 aliphatic heterocycles. The van der Waals surface area contributed by atoms with Gasteiger partial charge < -0.3 is 5.32 Å². The van der Waals surface area contributed by atoms with Crippen LogP contribution in [0.3, 0.4) is 0 Å². The number of nitrogens with zero attached hydrogens (tertiary/aromatic N) is 3. The van der Waals surface area contributed by atoms with E-state index in [-0.39, 0.29) is 27.3 Å². The molecule has 0 bridgehead atoms. The molecule has 3 rings (SSSR count). The minimum atomic E-state index is -3.54. The van der Waals surface area contributed by atoms with Crippen LogP contribution in [0.15, 0.2) is 50.9 Å². The molecule has 0 spiro atoms. The average molecular weight is 388 g/mol. The first-order chi connectivity index (χ1) is 12.6. The summed E-state index contributed by atoms with van der Waals surface area (Å²) in [6.07, 6.45) is 1.04. The van der Waals surface area contributed by atoms with Crippen molar-refractivity contribution in [2.24, 2.45) is 14.1 Å². The molecule has 0 atom stereocenters. The molecule has 0 fully saturated rings.